The van der Waals surface area contributed by atoms with Crippen LogP contribution in [-0.2, 0) is 13.1 Å². The van der Waals surface area contributed by atoms with Gasteiger partial charge in [-0.3, -0.25) is 4.90 Å². The van der Waals surface area contributed by atoms with Crippen LogP contribution in [0.2, 0.25) is 0 Å². The predicted molar refractivity (Wildman–Crippen MR) is 114 cm³/mol. The molecule has 4 rings (SSSR count). The number of hydrogen-bond acceptors (Lipinski definition) is 4. The van der Waals surface area contributed by atoms with Gasteiger partial charge in [-0.25, -0.2) is 8.78 Å². The third kappa shape index (κ3) is 4.69. The number of nitrogens with one attached hydrogen (secondary N) is 2. The van der Waals surface area contributed by atoms with Crippen LogP contribution in [0.15, 0.2) is 60.7 Å². The molecule has 1 heterocycles. The fraction of sp³-hybridized carbons (Fsp3) is 0.217. The van der Waals surface area contributed by atoms with Crippen molar-refractivity contribution in [2.45, 2.75) is 13.1 Å². The fourth-order valence-corrected chi connectivity index (χ4v) is 3.47. The minimum atomic E-state index is -0.261. The normalized spacial score (nSPS) is 11.5. The molecule has 0 radical (unpaired) electrons. The zero-order valence-electron chi connectivity index (χ0n) is 16.7. The molecule has 3 aromatic carbocycles. The molecule has 0 atom stereocenters. The largest absolute Gasteiger partial charge is 0.318 e. The highest BCUT2D eigenvalue weighted by Gasteiger charge is 2.12. The monoisotopic (exact) mass is 407 g/mol. The molecule has 7 heteroatoms. The van der Waals surface area contributed by atoms with E-state index in [0.717, 1.165) is 40.8 Å². The molecule has 30 heavy (non-hydrogen) atoms. The maximum atomic E-state index is 14.6. The van der Waals surface area contributed by atoms with Crippen molar-refractivity contribution < 1.29 is 8.78 Å². The summed E-state index contributed by atoms with van der Waals surface area (Å²) in [6.45, 7) is 2.56. The zero-order chi connectivity index (χ0) is 20.9. The summed E-state index contributed by atoms with van der Waals surface area (Å²) >= 11 is 0. The lowest BCUT2D eigenvalue weighted by Crippen LogP contribution is -2.30. The van der Waals surface area contributed by atoms with Crippen LogP contribution in [0.5, 0.6) is 0 Å². The zero-order valence-corrected chi connectivity index (χ0v) is 16.7. The van der Waals surface area contributed by atoms with E-state index in [4.69, 9.17) is 0 Å². The Kier molecular flexibility index (Phi) is 6.11. The molecule has 0 aliphatic rings. The number of likely N-dealkylation sites (N-methyl/N-ethyl adjacent to an activating group) is 1. The molecule has 0 bridgehead atoms. The number of aromatic amines is 1. The molecule has 0 unspecified atom stereocenters. The molecule has 1 aromatic heterocycles. The highest BCUT2D eigenvalue weighted by molar-refractivity contribution is 5.81. The average molecular weight is 407 g/mol. The Hall–Kier alpha value is -3.16. The molecule has 0 saturated carbocycles. The van der Waals surface area contributed by atoms with Crippen LogP contribution < -0.4 is 5.32 Å². The number of halogens is 2. The van der Waals surface area contributed by atoms with Crippen molar-refractivity contribution in [2.75, 3.05) is 20.1 Å². The van der Waals surface area contributed by atoms with Crippen molar-refractivity contribution in [3.8, 4) is 11.1 Å². The lowest BCUT2D eigenvalue weighted by Gasteiger charge is -2.23. The quantitative estimate of drug-likeness (QED) is 0.461. The summed E-state index contributed by atoms with van der Waals surface area (Å²) in [5.74, 6) is -0.502. The minimum Gasteiger partial charge on any atom is -0.318 e. The van der Waals surface area contributed by atoms with Crippen LogP contribution >= 0.6 is 0 Å². The summed E-state index contributed by atoms with van der Waals surface area (Å²) in [4.78, 5) is 2.15. The van der Waals surface area contributed by atoms with E-state index in [1.165, 1.54) is 18.2 Å². The van der Waals surface area contributed by atoms with Gasteiger partial charge < -0.3 is 5.32 Å². The molecule has 0 amide bonds. The van der Waals surface area contributed by atoms with E-state index in [9.17, 15) is 8.78 Å². The van der Waals surface area contributed by atoms with Crippen LogP contribution in [0.4, 0.5) is 8.78 Å². The first-order chi connectivity index (χ1) is 14.6. The second kappa shape index (κ2) is 9.11. The molecular weight excluding hydrogens is 384 g/mol. The Morgan fingerprint density at radius 3 is 2.40 bits per heavy atom. The predicted octanol–water partition coefficient (Wildman–Crippen LogP) is 4.12. The molecule has 2 N–H and O–H groups in total. The van der Waals surface area contributed by atoms with Crippen molar-refractivity contribution in [1.82, 2.24) is 25.6 Å². The van der Waals surface area contributed by atoms with Gasteiger partial charge >= 0.3 is 0 Å². The number of rotatable bonds is 8. The third-order valence-electron chi connectivity index (χ3n) is 5.09. The Balaban J connectivity index is 1.58. The fourth-order valence-electron chi connectivity index (χ4n) is 3.47. The number of hydrogen-bond donors (Lipinski definition) is 2. The number of fused-ring (bicyclic) bond motifs is 1. The molecule has 5 nitrogen and oxygen atoms in total. The van der Waals surface area contributed by atoms with Gasteiger partial charge in [0.25, 0.3) is 0 Å². The van der Waals surface area contributed by atoms with E-state index in [2.05, 4.69) is 25.6 Å². The number of benzene rings is 3. The lowest BCUT2D eigenvalue weighted by molar-refractivity contribution is 0.255. The molecular formula is C23H23F2N5. The summed E-state index contributed by atoms with van der Waals surface area (Å²) in [5.41, 5.74) is 5.04. The van der Waals surface area contributed by atoms with E-state index >= 15 is 0 Å². The van der Waals surface area contributed by atoms with Crippen molar-refractivity contribution >= 4 is 11.0 Å². The molecule has 0 spiro atoms. The summed E-state index contributed by atoms with van der Waals surface area (Å²) < 4.78 is 27.9. The first-order valence-electron chi connectivity index (χ1n) is 9.83. The second-order valence-electron chi connectivity index (χ2n) is 7.27. The van der Waals surface area contributed by atoms with Crippen LogP contribution in [0.3, 0.4) is 0 Å². The van der Waals surface area contributed by atoms with Crippen molar-refractivity contribution in [3.63, 3.8) is 0 Å². The van der Waals surface area contributed by atoms with Crippen LogP contribution in [0, 0.1) is 11.6 Å². The highest BCUT2D eigenvalue weighted by Crippen LogP contribution is 2.25. The Morgan fingerprint density at radius 2 is 1.60 bits per heavy atom. The summed E-state index contributed by atoms with van der Waals surface area (Å²) in [7, 11) is 1.89. The first-order valence-corrected chi connectivity index (χ1v) is 9.83. The van der Waals surface area contributed by atoms with Gasteiger partial charge in [-0.15, -0.1) is 0 Å². The van der Waals surface area contributed by atoms with E-state index in [0.29, 0.717) is 18.7 Å². The van der Waals surface area contributed by atoms with Gasteiger partial charge in [-0.05, 0) is 60.1 Å². The van der Waals surface area contributed by atoms with E-state index in [1.54, 1.807) is 18.2 Å². The van der Waals surface area contributed by atoms with Crippen molar-refractivity contribution in [1.29, 1.82) is 0 Å². The highest BCUT2D eigenvalue weighted by atomic mass is 19.1. The third-order valence-corrected chi connectivity index (χ3v) is 5.09. The standard InChI is InChI=1S/C23H23F2N5/c1-26-10-11-30(14-16-2-6-20(24)7-3-16)15-19-12-17(4-8-21(19)25)18-5-9-22-23(13-18)28-29-27-22/h2-9,12-13,26H,10-11,14-15H2,1H3,(H,27,28,29). The van der Waals surface area contributed by atoms with Crippen LogP contribution in [0.25, 0.3) is 22.2 Å². The van der Waals surface area contributed by atoms with Crippen molar-refractivity contribution in [2.24, 2.45) is 0 Å². The minimum absolute atomic E-state index is 0.241. The average Bonchev–Trinajstić information content (AvgIpc) is 3.23. The van der Waals surface area contributed by atoms with Gasteiger partial charge in [0, 0.05) is 31.7 Å². The maximum Gasteiger partial charge on any atom is 0.127 e. The van der Waals surface area contributed by atoms with Gasteiger partial charge in [-0.1, -0.05) is 24.3 Å². The number of H-pyrrole nitrogens is 1. The Morgan fingerprint density at radius 1 is 0.867 bits per heavy atom. The summed E-state index contributed by atoms with van der Waals surface area (Å²) in [6.07, 6.45) is 0. The van der Waals surface area contributed by atoms with E-state index in [-0.39, 0.29) is 11.6 Å². The number of nitrogens with zero attached hydrogens (tertiary/aromatic N) is 3. The SMILES string of the molecule is CNCCN(Cc1ccc(F)cc1)Cc1cc(-c2ccc3n[nH]nc3c2)ccc1F. The number of aromatic nitrogens is 3. The smallest absolute Gasteiger partial charge is 0.127 e. The van der Waals surface area contributed by atoms with Gasteiger partial charge in [0.2, 0.25) is 0 Å². The molecule has 0 saturated heterocycles. The van der Waals surface area contributed by atoms with Gasteiger partial charge in [0.05, 0.1) is 0 Å². The van der Waals surface area contributed by atoms with Crippen LogP contribution in [0.1, 0.15) is 11.1 Å². The van der Waals surface area contributed by atoms with E-state index < -0.39 is 0 Å². The maximum absolute atomic E-state index is 14.6. The summed E-state index contributed by atoms with van der Waals surface area (Å²) in [5, 5.41) is 13.9. The molecule has 0 aliphatic carbocycles. The molecule has 0 fully saturated rings. The first kappa shape index (κ1) is 20.1. The Labute approximate surface area is 173 Å². The van der Waals surface area contributed by atoms with Gasteiger partial charge in [-0.2, -0.15) is 15.4 Å². The van der Waals surface area contributed by atoms with Gasteiger partial charge in [0.15, 0.2) is 0 Å². The molecule has 0 aliphatic heterocycles. The summed E-state index contributed by atoms with van der Waals surface area (Å²) in [6, 6.07) is 17.4. The van der Waals surface area contributed by atoms with Crippen molar-refractivity contribution in [3.05, 3.63) is 83.4 Å². The molecule has 4 aromatic rings. The van der Waals surface area contributed by atoms with Crippen LogP contribution in [-0.4, -0.2) is 40.4 Å². The lowest BCUT2D eigenvalue weighted by atomic mass is 10.0. The topological polar surface area (TPSA) is 56.8 Å². The van der Waals surface area contributed by atoms with Gasteiger partial charge in [0.1, 0.15) is 22.7 Å². The Bertz CT molecular complexity index is 1120. The molecule has 154 valence electrons. The second-order valence-corrected chi connectivity index (χ2v) is 7.27. The van der Waals surface area contributed by atoms with E-state index in [1.807, 2.05) is 31.3 Å².